The fraction of sp³-hybridized carbons (Fsp3) is 0.259. The molecule has 3 aliphatic rings. The average molecular weight is 486 g/mol. The van der Waals surface area contributed by atoms with Crippen molar-refractivity contribution in [2.45, 2.75) is 24.4 Å². The predicted octanol–water partition coefficient (Wildman–Crippen LogP) is 4.72. The Labute approximate surface area is 206 Å². The van der Waals surface area contributed by atoms with Gasteiger partial charge in [-0.2, -0.15) is 0 Å². The van der Waals surface area contributed by atoms with Gasteiger partial charge in [0.1, 0.15) is 5.54 Å². The minimum Gasteiger partial charge on any atom is -0.324 e. The summed E-state index contributed by atoms with van der Waals surface area (Å²) in [4.78, 5) is 41.3. The molecule has 6 rings (SSSR count). The molecule has 3 heterocycles. The maximum absolute atomic E-state index is 14.3. The van der Waals surface area contributed by atoms with Crippen molar-refractivity contribution < 1.29 is 14.5 Å². The van der Waals surface area contributed by atoms with Crippen LogP contribution in [0.15, 0.2) is 72.8 Å². The first-order chi connectivity index (χ1) is 16.9. The highest BCUT2D eigenvalue weighted by Gasteiger charge is 2.69. The smallest absolute Gasteiger partial charge is 0.269 e. The summed E-state index contributed by atoms with van der Waals surface area (Å²) < 4.78 is 0. The van der Waals surface area contributed by atoms with Crippen LogP contribution in [0.5, 0.6) is 0 Å². The van der Waals surface area contributed by atoms with Crippen molar-refractivity contribution in [3.63, 3.8) is 0 Å². The number of hydrogen-bond acceptors (Lipinski definition) is 6. The molecule has 0 saturated carbocycles. The van der Waals surface area contributed by atoms with Crippen molar-refractivity contribution in [3.8, 4) is 0 Å². The van der Waals surface area contributed by atoms with Gasteiger partial charge in [0.05, 0.1) is 10.8 Å². The summed E-state index contributed by atoms with van der Waals surface area (Å²) >= 11 is 1.75. The molecule has 2 saturated heterocycles. The zero-order valence-electron chi connectivity index (χ0n) is 19.0. The normalized spacial score (nSPS) is 27.0. The SMILES string of the molecule is Cc1ccc(C(=O)[C@H]2[C@H](c3ccc([N+](=O)[O-])cc3)[C@@H]3CSCN3[C@@]23C(=O)Nc2ccccc23)cc1. The van der Waals surface area contributed by atoms with E-state index in [9.17, 15) is 19.7 Å². The first kappa shape index (κ1) is 22.0. The number of carbonyl (C=O) groups is 2. The van der Waals surface area contributed by atoms with Gasteiger partial charge in [-0.05, 0) is 18.6 Å². The van der Waals surface area contributed by atoms with Crippen LogP contribution in [0.2, 0.25) is 0 Å². The molecule has 0 unspecified atom stereocenters. The lowest BCUT2D eigenvalue weighted by atomic mass is 9.69. The Morgan fingerprint density at radius 2 is 1.80 bits per heavy atom. The van der Waals surface area contributed by atoms with Gasteiger partial charge in [-0.15, -0.1) is 11.8 Å². The number of nitrogens with zero attached hydrogens (tertiary/aromatic N) is 2. The van der Waals surface area contributed by atoms with Gasteiger partial charge in [0.25, 0.3) is 5.69 Å². The lowest BCUT2D eigenvalue weighted by Crippen LogP contribution is -2.52. The van der Waals surface area contributed by atoms with Crippen LogP contribution >= 0.6 is 11.8 Å². The fourth-order valence-corrected chi connectivity index (χ4v) is 7.45. The number of hydrogen-bond donors (Lipinski definition) is 1. The van der Waals surface area contributed by atoms with Crippen LogP contribution in [-0.2, 0) is 10.3 Å². The number of non-ortho nitro benzene ring substituents is 1. The van der Waals surface area contributed by atoms with Crippen LogP contribution in [-0.4, -0.2) is 39.2 Å². The van der Waals surface area contributed by atoms with E-state index >= 15 is 0 Å². The Hall–Kier alpha value is -3.49. The summed E-state index contributed by atoms with van der Waals surface area (Å²) in [5.74, 6) is 0.169. The summed E-state index contributed by atoms with van der Waals surface area (Å²) in [5, 5.41) is 14.3. The summed E-state index contributed by atoms with van der Waals surface area (Å²) in [7, 11) is 0. The van der Waals surface area contributed by atoms with E-state index in [2.05, 4.69) is 10.2 Å². The maximum atomic E-state index is 14.3. The first-order valence-corrected chi connectivity index (χ1v) is 12.7. The van der Waals surface area contributed by atoms with E-state index in [1.165, 1.54) is 12.1 Å². The third-order valence-electron chi connectivity index (χ3n) is 7.64. The number of ketones is 1. The van der Waals surface area contributed by atoms with Crippen LogP contribution in [0.3, 0.4) is 0 Å². The van der Waals surface area contributed by atoms with E-state index in [0.717, 1.165) is 28.1 Å². The van der Waals surface area contributed by atoms with Crippen LogP contribution in [0.1, 0.15) is 33.0 Å². The Balaban J connectivity index is 1.58. The third-order valence-corrected chi connectivity index (χ3v) is 8.67. The maximum Gasteiger partial charge on any atom is 0.269 e. The van der Waals surface area contributed by atoms with Crippen molar-refractivity contribution in [2.75, 3.05) is 16.9 Å². The van der Waals surface area contributed by atoms with E-state index in [-0.39, 0.29) is 29.3 Å². The topological polar surface area (TPSA) is 92.5 Å². The summed E-state index contributed by atoms with van der Waals surface area (Å²) in [6.45, 7) is 1.97. The van der Waals surface area contributed by atoms with Gasteiger partial charge >= 0.3 is 0 Å². The molecule has 2 fully saturated rings. The number of amides is 1. The molecule has 0 radical (unpaired) electrons. The Kier molecular flexibility index (Phi) is 5.05. The van der Waals surface area contributed by atoms with Crippen LogP contribution in [0.25, 0.3) is 0 Å². The molecule has 1 spiro atoms. The van der Waals surface area contributed by atoms with Gasteiger partial charge in [0, 0.05) is 52.5 Å². The van der Waals surface area contributed by atoms with Gasteiger partial charge in [0.2, 0.25) is 5.91 Å². The number of thioether (sulfide) groups is 1. The quantitative estimate of drug-likeness (QED) is 0.327. The summed E-state index contributed by atoms with van der Waals surface area (Å²) in [5.41, 5.74) is 2.89. The van der Waals surface area contributed by atoms with Crippen molar-refractivity contribution >= 4 is 34.8 Å². The number of nitro groups is 1. The molecule has 3 aromatic carbocycles. The second-order valence-electron chi connectivity index (χ2n) is 9.39. The number of rotatable bonds is 4. The molecule has 1 amide bonds. The second-order valence-corrected chi connectivity index (χ2v) is 10.4. The van der Waals surface area contributed by atoms with Crippen molar-refractivity contribution in [2.24, 2.45) is 5.92 Å². The molecular formula is C27H23N3O4S. The molecule has 3 aromatic rings. The fourth-order valence-electron chi connectivity index (χ4n) is 6.12. The molecule has 1 N–H and O–H groups in total. The van der Waals surface area contributed by atoms with Crippen molar-refractivity contribution in [1.29, 1.82) is 0 Å². The van der Waals surface area contributed by atoms with Crippen LogP contribution in [0.4, 0.5) is 11.4 Å². The number of Topliss-reactive ketones (excluding diaryl/α,β-unsaturated/α-hetero) is 1. The highest BCUT2D eigenvalue weighted by atomic mass is 32.2. The van der Waals surface area contributed by atoms with Crippen molar-refractivity contribution in [1.82, 2.24) is 4.90 Å². The van der Waals surface area contributed by atoms with Gasteiger partial charge in [-0.3, -0.25) is 24.6 Å². The molecule has 3 aliphatic heterocycles. The second kappa shape index (κ2) is 8.03. The average Bonchev–Trinajstić information content (AvgIpc) is 3.52. The largest absolute Gasteiger partial charge is 0.324 e. The molecule has 176 valence electrons. The number of benzene rings is 3. The highest BCUT2D eigenvalue weighted by molar-refractivity contribution is 7.99. The molecule has 35 heavy (non-hydrogen) atoms. The molecule has 7 nitrogen and oxygen atoms in total. The zero-order valence-corrected chi connectivity index (χ0v) is 19.8. The Morgan fingerprint density at radius 3 is 2.51 bits per heavy atom. The minimum absolute atomic E-state index is 0.00415. The van der Waals surface area contributed by atoms with E-state index < -0.39 is 16.4 Å². The van der Waals surface area contributed by atoms with Crippen LogP contribution in [0, 0.1) is 23.0 Å². The Bertz CT molecular complexity index is 1360. The van der Waals surface area contributed by atoms with Crippen molar-refractivity contribution in [3.05, 3.63) is 105 Å². The highest BCUT2D eigenvalue weighted by Crippen LogP contribution is 2.61. The molecule has 0 aliphatic carbocycles. The third kappa shape index (κ3) is 3.10. The number of carbonyl (C=O) groups excluding carboxylic acids is 2. The predicted molar refractivity (Wildman–Crippen MR) is 135 cm³/mol. The zero-order chi connectivity index (χ0) is 24.3. The molecule has 4 atom stereocenters. The van der Waals surface area contributed by atoms with E-state index in [1.54, 1.807) is 23.9 Å². The Morgan fingerprint density at radius 1 is 1.09 bits per heavy atom. The first-order valence-electron chi connectivity index (χ1n) is 11.5. The van der Waals surface area contributed by atoms with Gasteiger partial charge in [-0.25, -0.2) is 0 Å². The standard InChI is InChI=1S/C27H23N3O4S/c1-16-6-8-18(9-7-16)25(31)24-23(17-10-12-19(13-11-17)30(33)34)22-14-35-15-29(22)27(24)20-4-2-3-5-21(20)28-26(27)32/h2-13,22-24H,14-15H2,1H3,(H,28,32)/t22-,23+,24+,27+/m0/s1. The molecule has 0 aromatic heterocycles. The molecule has 8 heteroatoms. The number of nitrogens with one attached hydrogen (secondary N) is 1. The lowest BCUT2D eigenvalue weighted by molar-refractivity contribution is -0.384. The number of anilines is 1. The van der Waals surface area contributed by atoms with Gasteiger partial charge in [0.15, 0.2) is 5.78 Å². The van der Waals surface area contributed by atoms with E-state index in [4.69, 9.17) is 0 Å². The number of aryl methyl sites for hydroxylation is 1. The van der Waals surface area contributed by atoms with E-state index in [0.29, 0.717) is 11.4 Å². The summed E-state index contributed by atoms with van der Waals surface area (Å²) in [6.07, 6.45) is 0. The molecular weight excluding hydrogens is 462 g/mol. The number of para-hydroxylation sites is 1. The molecule has 0 bridgehead atoms. The van der Waals surface area contributed by atoms with Gasteiger partial charge < -0.3 is 5.32 Å². The van der Waals surface area contributed by atoms with Crippen LogP contribution < -0.4 is 5.32 Å². The van der Waals surface area contributed by atoms with E-state index in [1.807, 2.05) is 55.5 Å². The van der Waals surface area contributed by atoms with Gasteiger partial charge in [-0.1, -0.05) is 60.2 Å². The number of fused-ring (bicyclic) bond motifs is 4. The lowest BCUT2D eigenvalue weighted by Gasteiger charge is -2.36. The summed E-state index contributed by atoms with van der Waals surface area (Å²) in [6, 6.07) is 21.5. The minimum atomic E-state index is -1.14. The number of nitro benzene ring substituents is 1. The monoisotopic (exact) mass is 485 g/mol.